The standard InChI is InChI=1S/C32H35NO6/c1-8-39-25-13-12-21(16-27(25)38-7)29-28(31(35)32(36)33(29)22-11-9-10-19(4)14-22)30(34)24-17-23(18(2)3)26(37-6)15-20(24)5/h9-18,29,34H,8H2,1-7H3/b30-28+. The summed E-state index contributed by atoms with van der Waals surface area (Å²) < 4.78 is 16.8. The maximum absolute atomic E-state index is 13.7. The molecule has 1 N–H and O–H groups in total. The average molecular weight is 530 g/mol. The van der Waals surface area contributed by atoms with E-state index < -0.39 is 17.7 Å². The molecule has 0 aliphatic carbocycles. The molecule has 3 aromatic carbocycles. The van der Waals surface area contributed by atoms with Crippen LogP contribution in [-0.4, -0.2) is 37.6 Å². The van der Waals surface area contributed by atoms with E-state index in [1.807, 2.05) is 65.0 Å². The molecule has 1 heterocycles. The molecule has 1 aliphatic heterocycles. The number of methoxy groups -OCH3 is 2. The quantitative estimate of drug-likeness (QED) is 0.205. The van der Waals surface area contributed by atoms with Crippen LogP contribution in [0.1, 0.15) is 60.5 Å². The van der Waals surface area contributed by atoms with E-state index in [0.29, 0.717) is 40.7 Å². The Labute approximate surface area is 229 Å². The second kappa shape index (κ2) is 11.2. The summed E-state index contributed by atoms with van der Waals surface area (Å²) in [5.74, 6) is 0.114. The number of carbonyl (C=O) groups excluding carboxylic acids is 2. The predicted molar refractivity (Wildman–Crippen MR) is 152 cm³/mol. The van der Waals surface area contributed by atoms with Crippen molar-refractivity contribution in [2.24, 2.45) is 0 Å². The number of hydrogen-bond donors (Lipinski definition) is 1. The van der Waals surface area contributed by atoms with Gasteiger partial charge in [0.25, 0.3) is 11.7 Å². The number of amides is 1. The van der Waals surface area contributed by atoms with Gasteiger partial charge in [-0.1, -0.05) is 32.0 Å². The van der Waals surface area contributed by atoms with Crippen LogP contribution in [0.2, 0.25) is 0 Å². The summed E-state index contributed by atoms with van der Waals surface area (Å²) in [6.45, 7) is 10.1. The maximum atomic E-state index is 13.7. The molecule has 0 aromatic heterocycles. The van der Waals surface area contributed by atoms with Gasteiger partial charge in [-0.3, -0.25) is 14.5 Å². The van der Waals surface area contributed by atoms with Crippen molar-refractivity contribution in [3.05, 3.63) is 88.0 Å². The van der Waals surface area contributed by atoms with Gasteiger partial charge in [0.05, 0.1) is 32.4 Å². The molecule has 0 radical (unpaired) electrons. The van der Waals surface area contributed by atoms with Crippen LogP contribution < -0.4 is 19.1 Å². The van der Waals surface area contributed by atoms with E-state index in [1.54, 1.807) is 31.4 Å². The highest BCUT2D eigenvalue weighted by atomic mass is 16.5. The number of benzene rings is 3. The summed E-state index contributed by atoms with van der Waals surface area (Å²) in [5.41, 5.74) is 4.19. The third-order valence-corrected chi connectivity index (χ3v) is 6.98. The average Bonchev–Trinajstić information content (AvgIpc) is 3.18. The minimum absolute atomic E-state index is 0.00990. The van der Waals surface area contributed by atoms with Crippen molar-refractivity contribution in [1.29, 1.82) is 0 Å². The number of aliphatic hydroxyl groups excluding tert-OH is 1. The zero-order valence-corrected chi connectivity index (χ0v) is 23.5. The number of carbonyl (C=O) groups is 2. The summed E-state index contributed by atoms with van der Waals surface area (Å²) in [6.07, 6.45) is 0. The molecule has 7 heteroatoms. The summed E-state index contributed by atoms with van der Waals surface area (Å²) in [4.78, 5) is 28.7. The second-order valence-electron chi connectivity index (χ2n) is 9.92. The first-order valence-corrected chi connectivity index (χ1v) is 13.0. The number of nitrogens with zero attached hydrogens (tertiary/aromatic N) is 1. The largest absolute Gasteiger partial charge is 0.507 e. The Morgan fingerprint density at radius 2 is 1.67 bits per heavy atom. The van der Waals surface area contributed by atoms with E-state index in [0.717, 1.165) is 16.7 Å². The van der Waals surface area contributed by atoms with Crippen LogP contribution in [0.25, 0.3) is 5.76 Å². The fraction of sp³-hybridized carbons (Fsp3) is 0.312. The first-order valence-electron chi connectivity index (χ1n) is 13.0. The van der Waals surface area contributed by atoms with Crippen molar-refractivity contribution < 1.29 is 28.9 Å². The SMILES string of the molecule is CCOc1ccc(C2/C(=C(\O)c3cc(C(C)C)c(OC)cc3C)C(=O)C(=O)N2c2cccc(C)c2)cc1OC. The maximum Gasteiger partial charge on any atom is 0.300 e. The molecule has 1 aliphatic rings. The minimum Gasteiger partial charge on any atom is -0.507 e. The van der Waals surface area contributed by atoms with Gasteiger partial charge in [-0.25, -0.2) is 0 Å². The molecule has 1 amide bonds. The van der Waals surface area contributed by atoms with Crippen molar-refractivity contribution in [3.8, 4) is 17.2 Å². The zero-order valence-electron chi connectivity index (χ0n) is 23.5. The lowest BCUT2D eigenvalue weighted by molar-refractivity contribution is -0.132. The van der Waals surface area contributed by atoms with Crippen LogP contribution in [0.4, 0.5) is 5.69 Å². The van der Waals surface area contributed by atoms with Crippen LogP contribution in [0, 0.1) is 13.8 Å². The zero-order chi connectivity index (χ0) is 28.4. The van der Waals surface area contributed by atoms with Crippen LogP contribution in [0.5, 0.6) is 17.2 Å². The third-order valence-electron chi connectivity index (χ3n) is 6.98. The van der Waals surface area contributed by atoms with E-state index in [1.165, 1.54) is 12.0 Å². The van der Waals surface area contributed by atoms with E-state index >= 15 is 0 Å². The summed E-state index contributed by atoms with van der Waals surface area (Å²) in [7, 11) is 3.14. The topological polar surface area (TPSA) is 85.3 Å². The Bertz CT molecular complexity index is 1460. The molecule has 7 nitrogen and oxygen atoms in total. The highest BCUT2D eigenvalue weighted by Gasteiger charge is 2.47. The Hall–Kier alpha value is -4.26. The van der Waals surface area contributed by atoms with Gasteiger partial charge >= 0.3 is 0 Å². The van der Waals surface area contributed by atoms with Gasteiger partial charge in [-0.2, -0.15) is 0 Å². The molecular formula is C32H35NO6. The summed E-state index contributed by atoms with van der Waals surface area (Å²) in [5, 5.41) is 11.8. The van der Waals surface area contributed by atoms with E-state index in [-0.39, 0.29) is 17.3 Å². The van der Waals surface area contributed by atoms with Gasteiger partial charge < -0.3 is 19.3 Å². The molecule has 1 fully saturated rings. The van der Waals surface area contributed by atoms with Gasteiger partial charge in [0.1, 0.15) is 11.5 Å². The molecular weight excluding hydrogens is 494 g/mol. The van der Waals surface area contributed by atoms with E-state index in [9.17, 15) is 14.7 Å². The number of rotatable bonds is 8. The predicted octanol–water partition coefficient (Wildman–Crippen LogP) is 6.47. The number of ketones is 1. The Morgan fingerprint density at radius 3 is 2.28 bits per heavy atom. The molecule has 0 bridgehead atoms. The van der Waals surface area contributed by atoms with Crippen LogP contribution in [-0.2, 0) is 9.59 Å². The van der Waals surface area contributed by atoms with Gasteiger partial charge in [-0.15, -0.1) is 0 Å². The molecule has 39 heavy (non-hydrogen) atoms. The number of aliphatic hydroxyl groups is 1. The fourth-order valence-corrected chi connectivity index (χ4v) is 5.05. The van der Waals surface area contributed by atoms with Crippen LogP contribution >= 0.6 is 0 Å². The third kappa shape index (κ3) is 5.09. The van der Waals surface area contributed by atoms with Crippen molar-refractivity contribution in [1.82, 2.24) is 0 Å². The normalized spacial score (nSPS) is 16.6. The number of hydrogen-bond acceptors (Lipinski definition) is 6. The Balaban J connectivity index is 2.01. The van der Waals surface area contributed by atoms with Gasteiger partial charge in [0.15, 0.2) is 11.5 Å². The summed E-state index contributed by atoms with van der Waals surface area (Å²) in [6, 6.07) is 15.5. The lowest BCUT2D eigenvalue weighted by atomic mass is 9.91. The van der Waals surface area contributed by atoms with Crippen molar-refractivity contribution in [2.75, 3.05) is 25.7 Å². The highest BCUT2D eigenvalue weighted by Crippen LogP contribution is 2.45. The monoisotopic (exact) mass is 529 g/mol. The fourth-order valence-electron chi connectivity index (χ4n) is 5.05. The van der Waals surface area contributed by atoms with Crippen molar-refractivity contribution in [2.45, 2.75) is 46.6 Å². The number of aryl methyl sites for hydroxylation is 2. The number of ether oxygens (including phenoxy) is 3. The van der Waals surface area contributed by atoms with Gasteiger partial charge in [-0.05, 0) is 85.3 Å². The first-order chi connectivity index (χ1) is 18.6. The minimum atomic E-state index is -0.889. The lowest BCUT2D eigenvalue weighted by Gasteiger charge is -2.26. The summed E-state index contributed by atoms with van der Waals surface area (Å²) >= 11 is 0. The molecule has 1 atom stereocenters. The molecule has 0 spiro atoms. The molecule has 0 saturated carbocycles. The van der Waals surface area contributed by atoms with E-state index in [2.05, 4.69) is 0 Å². The van der Waals surface area contributed by atoms with Crippen molar-refractivity contribution in [3.63, 3.8) is 0 Å². The molecule has 1 saturated heterocycles. The van der Waals surface area contributed by atoms with Crippen LogP contribution in [0.3, 0.4) is 0 Å². The van der Waals surface area contributed by atoms with Gasteiger partial charge in [0.2, 0.25) is 0 Å². The first kappa shape index (κ1) is 27.8. The highest BCUT2D eigenvalue weighted by molar-refractivity contribution is 6.51. The number of Topliss-reactive ketones (excluding diaryl/α,β-unsaturated/α-hetero) is 1. The molecule has 204 valence electrons. The molecule has 3 aromatic rings. The smallest absolute Gasteiger partial charge is 0.300 e. The lowest BCUT2D eigenvalue weighted by Crippen LogP contribution is -2.29. The number of anilines is 1. The van der Waals surface area contributed by atoms with Crippen molar-refractivity contribution >= 4 is 23.1 Å². The Kier molecular flexibility index (Phi) is 8.00. The van der Waals surface area contributed by atoms with Crippen LogP contribution in [0.15, 0.2) is 60.2 Å². The molecule has 1 unspecified atom stereocenters. The Morgan fingerprint density at radius 1 is 0.949 bits per heavy atom. The molecule has 4 rings (SSSR count). The van der Waals surface area contributed by atoms with E-state index in [4.69, 9.17) is 14.2 Å². The second-order valence-corrected chi connectivity index (χ2v) is 9.92. The van der Waals surface area contributed by atoms with Gasteiger partial charge in [0, 0.05) is 11.3 Å².